The quantitative estimate of drug-likeness (QED) is 0.288. The molecule has 13 heteroatoms. The maximum absolute atomic E-state index is 13.5. The van der Waals surface area contributed by atoms with Crippen LogP contribution in [-0.4, -0.2) is 85.3 Å². The number of likely N-dealkylation sites (tertiary alicyclic amines) is 1. The fourth-order valence-corrected chi connectivity index (χ4v) is 8.40. The molecule has 2 aliphatic heterocycles. The number of amides is 1. The maximum atomic E-state index is 13.5. The molecule has 2 bridgehead atoms. The fourth-order valence-electron chi connectivity index (χ4n) is 8.40. The van der Waals surface area contributed by atoms with Crippen molar-refractivity contribution in [3.63, 3.8) is 0 Å². The molecule has 50 heavy (non-hydrogen) atoms. The summed E-state index contributed by atoms with van der Waals surface area (Å²) in [5, 5.41) is 0. The van der Waals surface area contributed by atoms with Crippen molar-refractivity contribution in [3.8, 4) is 5.75 Å². The van der Waals surface area contributed by atoms with Crippen LogP contribution in [0.3, 0.4) is 0 Å². The van der Waals surface area contributed by atoms with Crippen molar-refractivity contribution in [1.29, 1.82) is 0 Å². The normalized spacial score (nSPS) is 29.7. The highest BCUT2D eigenvalue weighted by Crippen LogP contribution is 2.56. The average molecular weight is 694 g/mol. The summed E-state index contributed by atoms with van der Waals surface area (Å²) < 4.78 is 39.5. The van der Waals surface area contributed by atoms with Gasteiger partial charge in [-0.3, -0.25) is 14.4 Å². The summed E-state index contributed by atoms with van der Waals surface area (Å²) in [6.45, 7) is 4.19. The molecule has 8 atom stereocenters. The Morgan fingerprint density at radius 1 is 0.860 bits per heavy atom. The summed E-state index contributed by atoms with van der Waals surface area (Å²) in [5.41, 5.74) is 2.97. The van der Waals surface area contributed by atoms with E-state index in [4.69, 9.17) is 33.2 Å². The summed E-state index contributed by atoms with van der Waals surface area (Å²) in [6.07, 6.45) is -2.21. The zero-order valence-corrected chi connectivity index (χ0v) is 28.7. The van der Waals surface area contributed by atoms with E-state index in [9.17, 15) is 24.0 Å². The van der Waals surface area contributed by atoms with Crippen LogP contribution in [0.25, 0.3) is 0 Å². The van der Waals surface area contributed by atoms with Crippen molar-refractivity contribution in [1.82, 2.24) is 4.90 Å². The molecule has 1 saturated carbocycles. The third kappa shape index (κ3) is 7.01. The molecule has 2 aliphatic carbocycles. The van der Waals surface area contributed by atoms with Gasteiger partial charge < -0.3 is 38.1 Å². The van der Waals surface area contributed by atoms with Gasteiger partial charge in [-0.2, -0.15) is 0 Å². The third-order valence-electron chi connectivity index (χ3n) is 10.3. The lowest BCUT2D eigenvalue weighted by Gasteiger charge is -2.58. The van der Waals surface area contributed by atoms with E-state index in [0.29, 0.717) is 18.7 Å². The average Bonchev–Trinajstić information content (AvgIpc) is 3.09. The first-order valence-corrected chi connectivity index (χ1v) is 17.0. The van der Waals surface area contributed by atoms with Crippen molar-refractivity contribution in [3.05, 3.63) is 65.2 Å². The first-order chi connectivity index (χ1) is 24.0. The molecule has 268 valence electrons. The summed E-state index contributed by atoms with van der Waals surface area (Å²) in [4.78, 5) is 64.8. The van der Waals surface area contributed by atoms with Crippen LogP contribution in [0.5, 0.6) is 5.75 Å². The van der Waals surface area contributed by atoms with Gasteiger partial charge in [-0.05, 0) is 60.4 Å². The Bertz CT molecular complexity index is 1610. The Labute approximate surface area is 290 Å². The highest BCUT2D eigenvalue weighted by molar-refractivity contribution is 5.77. The van der Waals surface area contributed by atoms with E-state index >= 15 is 0 Å². The van der Waals surface area contributed by atoms with Crippen molar-refractivity contribution >= 4 is 30.0 Å². The number of nitrogens with zero attached hydrogens (tertiary/aromatic N) is 1. The standard InChI is InChI=1S/C37H43NO12/c1-21(39)46-30-31(47-22(2)40)33(48-23(3)41)35(50-32(30)34(42)44-4)49-26-14-13-25-18-29-27-12-8-9-15-37(27,28(25)19-26)16-17-38(29)36(43)45-20-24-10-6-5-7-11-24/h5-7,10-11,13-14,19,27,29-33,35H,8-9,12,15-18,20H2,1-4H3/t27-,29+,30-,31-,32-,33+,35+,37-/m0/s1. The van der Waals surface area contributed by atoms with E-state index in [2.05, 4.69) is 0 Å². The SMILES string of the molecule is COC(=O)[C@H]1O[C@@H](Oc2ccc3c(c2)[C@]24CCCC[C@H]2[C@@H](C3)N(C(=O)OCc2ccccc2)CC4)[C@H](OC(C)=O)[C@@H](OC(C)=O)[C@@H]1OC(C)=O. The van der Waals surface area contributed by atoms with Crippen LogP contribution >= 0.6 is 0 Å². The molecule has 2 saturated heterocycles. The molecule has 0 N–H and O–H groups in total. The van der Waals surface area contributed by atoms with Crippen LogP contribution in [0.15, 0.2) is 48.5 Å². The highest BCUT2D eigenvalue weighted by Gasteiger charge is 2.57. The predicted octanol–water partition coefficient (Wildman–Crippen LogP) is 4.15. The van der Waals surface area contributed by atoms with Gasteiger partial charge in [0.2, 0.25) is 12.4 Å². The molecular weight excluding hydrogens is 650 g/mol. The van der Waals surface area contributed by atoms with E-state index in [1.165, 1.54) is 0 Å². The van der Waals surface area contributed by atoms with Crippen LogP contribution < -0.4 is 4.74 Å². The number of rotatable bonds is 8. The van der Waals surface area contributed by atoms with Gasteiger partial charge in [0, 0.05) is 38.8 Å². The topological polar surface area (TPSA) is 153 Å². The lowest BCUT2D eigenvalue weighted by molar-refractivity contribution is -0.282. The lowest BCUT2D eigenvalue weighted by Crippen LogP contribution is -2.64. The first kappa shape index (κ1) is 35.2. The van der Waals surface area contributed by atoms with Gasteiger partial charge in [0.25, 0.3) is 0 Å². The molecule has 3 fully saturated rings. The minimum Gasteiger partial charge on any atom is -0.467 e. The van der Waals surface area contributed by atoms with Crippen LogP contribution in [0, 0.1) is 5.92 Å². The summed E-state index contributed by atoms with van der Waals surface area (Å²) in [5.74, 6) is -2.60. The smallest absolute Gasteiger partial charge is 0.410 e. The van der Waals surface area contributed by atoms with Gasteiger partial charge in [0.05, 0.1) is 7.11 Å². The van der Waals surface area contributed by atoms with Crippen LogP contribution in [0.1, 0.15) is 69.6 Å². The number of hydrogen-bond acceptors (Lipinski definition) is 12. The Balaban J connectivity index is 1.29. The van der Waals surface area contributed by atoms with E-state index in [0.717, 1.165) is 76.7 Å². The molecule has 2 aromatic rings. The maximum Gasteiger partial charge on any atom is 0.410 e. The molecule has 6 rings (SSSR count). The van der Waals surface area contributed by atoms with Crippen LogP contribution in [-0.2, 0) is 66.0 Å². The molecule has 4 aliphatic rings. The largest absolute Gasteiger partial charge is 0.467 e. The first-order valence-electron chi connectivity index (χ1n) is 17.0. The lowest BCUT2D eigenvalue weighted by atomic mass is 9.52. The Kier molecular flexibility index (Phi) is 10.3. The second-order valence-electron chi connectivity index (χ2n) is 13.4. The number of ether oxygens (including phenoxy) is 7. The molecule has 2 aromatic carbocycles. The van der Waals surface area contributed by atoms with Crippen molar-refractivity contribution in [2.75, 3.05) is 13.7 Å². The molecule has 0 unspecified atom stereocenters. The number of carbonyl (C=O) groups excluding carboxylic acids is 5. The second-order valence-corrected chi connectivity index (χ2v) is 13.4. The number of esters is 4. The fraction of sp³-hybridized carbons (Fsp3) is 0.541. The zero-order valence-electron chi connectivity index (χ0n) is 28.7. The number of fused-ring (bicyclic) bond motifs is 1. The Morgan fingerprint density at radius 3 is 2.26 bits per heavy atom. The number of carbonyl (C=O) groups is 5. The third-order valence-corrected chi connectivity index (χ3v) is 10.3. The van der Waals surface area contributed by atoms with E-state index < -0.39 is 54.6 Å². The zero-order chi connectivity index (χ0) is 35.6. The summed E-state index contributed by atoms with van der Waals surface area (Å²) in [6, 6.07) is 15.3. The second kappa shape index (κ2) is 14.7. The Hall–Kier alpha value is -4.65. The van der Waals surface area contributed by atoms with Crippen LogP contribution in [0.2, 0.25) is 0 Å². The van der Waals surface area contributed by atoms with E-state index in [1.54, 1.807) is 6.07 Å². The van der Waals surface area contributed by atoms with Crippen molar-refractivity contribution < 1.29 is 57.1 Å². The molecule has 13 nitrogen and oxygen atoms in total. The minimum atomic E-state index is -1.56. The van der Waals surface area contributed by atoms with Gasteiger partial charge in [-0.1, -0.05) is 49.2 Å². The Morgan fingerprint density at radius 2 is 1.56 bits per heavy atom. The molecule has 0 spiro atoms. The van der Waals surface area contributed by atoms with Gasteiger partial charge >= 0.3 is 30.0 Å². The number of piperidine rings is 1. The molecule has 1 amide bonds. The van der Waals surface area contributed by atoms with Gasteiger partial charge in [-0.15, -0.1) is 0 Å². The molecule has 2 heterocycles. The van der Waals surface area contributed by atoms with Crippen LogP contribution in [0.4, 0.5) is 4.79 Å². The van der Waals surface area contributed by atoms with Crippen molar-refractivity contribution in [2.24, 2.45) is 5.92 Å². The summed E-state index contributed by atoms with van der Waals surface area (Å²) in [7, 11) is 1.14. The van der Waals surface area contributed by atoms with E-state index in [1.807, 2.05) is 47.4 Å². The van der Waals surface area contributed by atoms with Crippen molar-refractivity contribution in [2.45, 2.75) is 108 Å². The number of hydrogen-bond donors (Lipinski definition) is 0. The molecule has 0 radical (unpaired) electrons. The van der Waals surface area contributed by atoms with E-state index in [-0.39, 0.29) is 30.1 Å². The van der Waals surface area contributed by atoms with Gasteiger partial charge in [0.15, 0.2) is 18.3 Å². The van der Waals surface area contributed by atoms with Gasteiger partial charge in [-0.25, -0.2) is 9.59 Å². The summed E-state index contributed by atoms with van der Waals surface area (Å²) >= 11 is 0. The molecular formula is C37H43NO12. The monoisotopic (exact) mass is 693 g/mol. The number of benzene rings is 2. The van der Waals surface area contributed by atoms with Gasteiger partial charge in [0.1, 0.15) is 12.4 Å². The molecule has 0 aromatic heterocycles. The minimum absolute atomic E-state index is 0.00914. The highest BCUT2D eigenvalue weighted by atomic mass is 16.7. The predicted molar refractivity (Wildman–Crippen MR) is 173 cm³/mol. The number of methoxy groups -OCH3 is 1.